The third-order valence-electron chi connectivity index (χ3n) is 5.76. The number of nitriles is 1. The van der Waals surface area contributed by atoms with Crippen LogP contribution in [-0.2, 0) is 16.2 Å². The number of benzene rings is 3. The number of halogens is 1. The standard InChI is InChI=1S/C30H26ClN3O6S/c1-3-38-23-11-9-22(10-12-23)33-27(35)17-34-29(36)26(41-30(34)37)15-19-13-24(31)28(25(14-19)39-4-2)40-18-21-8-6-5-7-20(21)16-32/h5-15H,3-4,17-18H2,1-2H3,(H,33,35)/b26-15+. The lowest BCUT2D eigenvalue weighted by Crippen LogP contribution is -2.36. The zero-order valence-corrected chi connectivity index (χ0v) is 23.9. The lowest BCUT2D eigenvalue weighted by molar-refractivity contribution is -0.127. The van der Waals surface area contributed by atoms with E-state index in [-0.39, 0.29) is 22.3 Å². The predicted molar refractivity (Wildman–Crippen MR) is 157 cm³/mol. The molecule has 0 aliphatic carbocycles. The Bertz CT molecular complexity index is 1530. The van der Waals surface area contributed by atoms with Crippen molar-refractivity contribution in [3.8, 4) is 23.3 Å². The number of ether oxygens (including phenoxy) is 3. The van der Waals surface area contributed by atoms with Crippen molar-refractivity contribution in [2.24, 2.45) is 0 Å². The van der Waals surface area contributed by atoms with Crippen LogP contribution in [0.5, 0.6) is 17.2 Å². The van der Waals surface area contributed by atoms with Gasteiger partial charge >= 0.3 is 0 Å². The summed E-state index contributed by atoms with van der Waals surface area (Å²) in [5.41, 5.74) is 2.20. The number of anilines is 1. The summed E-state index contributed by atoms with van der Waals surface area (Å²) in [6, 6.07) is 19.2. The summed E-state index contributed by atoms with van der Waals surface area (Å²) in [7, 11) is 0. The zero-order valence-electron chi connectivity index (χ0n) is 22.3. The van der Waals surface area contributed by atoms with E-state index in [1.165, 1.54) is 6.08 Å². The SMILES string of the molecule is CCOc1ccc(NC(=O)CN2C(=O)S/C(=C/c3cc(Cl)c(OCc4ccccc4C#N)c(OCC)c3)C2=O)cc1. The maximum Gasteiger partial charge on any atom is 0.294 e. The number of hydrogen-bond acceptors (Lipinski definition) is 8. The van der Waals surface area contributed by atoms with Crippen LogP contribution in [0.1, 0.15) is 30.5 Å². The van der Waals surface area contributed by atoms with Gasteiger partial charge in [-0.25, -0.2) is 0 Å². The van der Waals surface area contributed by atoms with Gasteiger partial charge in [0.2, 0.25) is 5.91 Å². The van der Waals surface area contributed by atoms with E-state index >= 15 is 0 Å². The molecule has 3 aromatic rings. The Morgan fingerprint density at radius 1 is 1.05 bits per heavy atom. The largest absolute Gasteiger partial charge is 0.494 e. The number of nitrogens with one attached hydrogen (secondary N) is 1. The fraction of sp³-hybridized carbons (Fsp3) is 0.200. The lowest BCUT2D eigenvalue weighted by Gasteiger charge is -2.15. The summed E-state index contributed by atoms with van der Waals surface area (Å²) < 4.78 is 17.0. The van der Waals surface area contributed by atoms with Crippen LogP contribution in [0.3, 0.4) is 0 Å². The number of amides is 3. The summed E-state index contributed by atoms with van der Waals surface area (Å²) in [4.78, 5) is 39.2. The Labute approximate surface area is 246 Å². The van der Waals surface area contributed by atoms with Crippen molar-refractivity contribution < 1.29 is 28.6 Å². The van der Waals surface area contributed by atoms with Gasteiger partial charge in [0, 0.05) is 11.3 Å². The highest BCUT2D eigenvalue weighted by Crippen LogP contribution is 2.39. The first-order valence-electron chi connectivity index (χ1n) is 12.7. The van der Waals surface area contributed by atoms with Gasteiger partial charge in [0.05, 0.1) is 34.8 Å². The Kier molecular flexibility index (Phi) is 9.90. The molecule has 0 saturated carbocycles. The number of thioether (sulfide) groups is 1. The van der Waals surface area contributed by atoms with Crippen LogP contribution in [0, 0.1) is 11.3 Å². The van der Waals surface area contributed by atoms with E-state index in [1.807, 2.05) is 13.0 Å². The fourth-order valence-electron chi connectivity index (χ4n) is 3.91. The van der Waals surface area contributed by atoms with Gasteiger partial charge in [0.1, 0.15) is 18.9 Å². The van der Waals surface area contributed by atoms with Gasteiger partial charge in [-0.1, -0.05) is 29.8 Å². The van der Waals surface area contributed by atoms with Crippen molar-refractivity contribution in [2.45, 2.75) is 20.5 Å². The molecule has 0 unspecified atom stereocenters. The van der Waals surface area contributed by atoms with Gasteiger partial charge in [-0.3, -0.25) is 19.3 Å². The molecule has 1 N–H and O–H groups in total. The first kappa shape index (κ1) is 29.5. The molecule has 1 fully saturated rings. The van der Waals surface area contributed by atoms with Crippen LogP contribution >= 0.6 is 23.4 Å². The van der Waals surface area contributed by atoms with Crippen molar-refractivity contribution in [1.29, 1.82) is 5.26 Å². The molecule has 1 saturated heterocycles. The lowest BCUT2D eigenvalue weighted by atomic mass is 10.1. The summed E-state index contributed by atoms with van der Waals surface area (Å²) in [6.45, 7) is 4.19. The van der Waals surface area contributed by atoms with E-state index < -0.39 is 23.6 Å². The summed E-state index contributed by atoms with van der Waals surface area (Å²) in [5, 5.41) is 11.7. The zero-order chi connectivity index (χ0) is 29.4. The number of imide groups is 1. The highest BCUT2D eigenvalue weighted by molar-refractivity contribution is 8.18. The average molecular weight is 592 g/mol. The van der Waals surface area contributed by atoms with Crippen LogP contribution in [0.4, 0.5) is 10.5 Å². The predicted octanol–water partition coefficient (Wildman–Crippen LogP) is 6.26. The molecular weight excluding hydrogens is 566 g/mol. The van der Waals surface area contributed by atoms with E-state index in [1.54, 1.807) is 61.5 Å². The third-order valence-corrected chi connectivity index (χ3v) is 6.95. The van der Waals surface area contributed by atoms with E-state index in [9.17, 15) is 19.6 Å². The first-order valence-corrected chi connectivity index (χ1v) is 13.9. The van der Waals surface area contributed by atoms with Crippen LogP contribution in [0.25, 0.3) is 6.08 Å². The van der Waals surface area contributed by atoms with Crippen LogP contribution in [0.2, 0.25) is 5.02 Å². The maximum absolute atomic E-state index is 13.0. The molecule has 11 heteroatoms. The minimum atomic E-state index is -0.593. The molecule has 0 spiro atoms. The van der Waals surface area contributed by atoms with E-state index in [2.05, 4.69) is 11.4 Å². The maximum atomic E-state index is 13.0. The summed E-state index contributed by atoms with van der Waals surface area (Å²) in [5.74, 6) is 0.188. The normalized spacial score (nSPS) is 13.7. The van der Waals surface area contributed by atoms with Gasteiger partial charge in [0.15, 0.2) is 11.5 Å². The minimum absolute atomic E-state index is 0.0977. The summed E-state index contributed by atoms with van der Waals surface area (Å²) in [6.07, 6.45) is 1.51. The average Bonchev–Trinajstić information content (AvgIpc) is 3.21. The molecule has 9 nitrogen and oxygen atoms in total. The third kappa shape index (κ3) is 7.39. The number of nitrogens with zero attached hydrogens (tertiary/aromatic N) is 2. The van der Waals surface area contributed by atoms with E-state index in [0.29, 0.717) is 47.1 Å². The van der Waals surface area contributed by atoms with Gasteiger partial charge in [-0.05, 0) is 79.7 Å². The van der Waals surface area contributed by atoms with Gasteiger partial charge in [-0.2, -0.15) is 5.26 Å². The van der Waals surface area contributed by atoms with Crippen LogP contribution in [-0.4, -0.2) is 41.7 Å². The second-order valence-electron chi connectivity index (χ2n) is 8.59. The molecule has 1 aliphatic heterocycles. The first-order chi connectivity index (χ1) is 19.8. The Hall–Kier alpha value is -4.46. The van der Waals surface area contributed by atoms with E-state index in [4.69, 9.17) is 25.8 Å². The molecular formula is C30H26ClN3O6S. The number of hydrogen-bond donors (Lipinski definition) is 1. The molecule has 1 heterocycles. The molecule has 210 valence electrons. The number of rotatable bonds is 11. The van der Waals surface area contributed by atoms with Gasteiger partial charge in [-0.15, -0.1) is 0 Å². The molecule has 1 aliphatic rings. The smallest absolute Gasteiger partial charge is 0.294 e. The Balaban J connectivity index is 1.47. The number of carbonyl (C=O) groups is 3. The molecule has 0 bridgehead atoms. The van der Waals surface area contributed by atoms with Gasteiger partial charge < -0.3 is 19.5 Å². The van der Waals surface area contributed by atoms with Crippen molar-refractivity contribution in [1.82, 2.24) is 4.90 Å². The molecule has 0 aromatic heterocycles. The Morgan fingerprint density at radius 3 is 2.49 bits per heavy atom. The van der Waals surface area contributed by atoms with Gasteiger partial charge in [0.25, 0.3) is 11.1 Å². The second kappa shape index (κ2) is 13.7. The molecule has 0 atom stereocenters. The molecule has 3 aromatic carbocycles. The topological polar surface area (TPSA) is 118 Å². The quantitative estimate of drug-likeness (QED) is 0.259. The van der Waals surface area contributed by atoms with Crippen molar-refractivity contribution in [3.63, 3.8) is 0 Å². The van der Waals surface area contributed by atoms with Crippen LogP contribution in [0.15, 0.2) is 65.6 Å². The van der Waals surface area contributed by atoms with Crippen molar-refractivity contribution >= 4 is 52.2 Å². The van der Waals surface area contributed by atoms with Crippen LogP contribution < -0.4 is 19.5 Å². The molecule has 4 rings (SSSR count). The minimum Gasteiger partial charge on any atom is -0.494 e. The second-order valence-corrected chi connectivity index (χ2v) is 9.99. The highest BCUT2D eigenvalue weighted by Gasteiger charge is 2.36. The van der Waals surface area contributed by atoms with E-state index in [0.717, 1.165) is 16.7 Å². The number of carbonyl (C=O) groups excluding carboxylic acids is 3. The molecule has 0 radical (unpaired) electrons. The Morgan fingerprint density at radius 2 is 1.78 bits per heavy atom. The fourth-order valence-corrected chi connectivity index (χ4v) is 5.02. The highest BCUT2D eigenvalue weighted by atomic mass is 35.5. The molecule has 3 amide bonds. The molecule has 41 heavy (non-hydrogen) atoms. The van der Waals surface area contributed by atoms with Crippen molar-refractivity contribution in [2.75, 3.05) is 25.1 Å². The van der Waals surface area contributed by atoms with Crippen molar-refractivity contribution in [3.05, 3.63) is 87.3 Å². The monoisotopic (exact) mass is 591 g/mol. The summed E-state index contributed by atoms with van der Waals surface area (Å²) >= 11 is 7.26.